The van der Waals surface area contributed by atoms with Crippen LogP contribution in [0.4, 0.5) is 8.78 Å². The van der Waals surface area contributed by atoms with Gasteiger partial charge in [-0.05, 0) is 24.7 Å². The van der Waals surface area contributed by atoms with Crippen LogP contribution >= 0.6 is 0 Å². The third kappa shape index (κ3) is 3.38. The number of carbonyl (C=O) groups excluding carboxylic acids is 1. The zero-order valence-corrected chi connectivity index (χ0v) is 16.5. The van der Waals surface area contributed by atoms with Gasteiger partial charge in [-0.15, -0.1) is 4.98 Å². The summed E-state index contributed by atoms with van der Waals surface area (Å²) in [5.41, 5.74) is 0. The fourth-order valence-corrected chi connectivity index (χ4v) is 5.44. The Hall–Kier alpha value is -2.11. The maximum absolute atomic E-state index is 13.3. The highest BCUT2D eigenvalue weighted by Crippen LogP contribution is 2.48. The normalized spacial score (nSPS) is 28.2. The van der Waals surface area contributed by atoms with Crippen molar-refractivity contribution in [2.45, 2.75) is 50.3 Å². The number of hydrogen-bond acceptors (Lipinski definition) is 8. The molecule has 28 heavy (non-hydrogen) atoms. The van der Waals surface area contributed by atoms with Crippen LogP contribution in [0, 0.1) is 11.8 Å². The summed E-state index contributed by atoms with van der Waals surface area (Å²) in [4.78, 5) is 25.2. The third-order valence-electron chi connectivity index (χ3n) is 5.41. The smallest absolute Gasteiger partial charge is 0.355 e. The molecule has 0 spiro atoms. The number of sulfonamides is 1. The number of nitrogens with zero attached hydrogens (tertiary/aromatic N) is 4. The van der Waals surface area contributed by atoms with Gasteiger partial charge in [-0.1, -0.05) is 19.8 Å². The van der Waals surface area contributed by atoms with E-state index >= 15 is 0 Å². The highest BCUT2D eigenvalue weighted by Gasteiger charge is 2.58. The van der Waals surface area contributed by atoms with Gasteiger partial charge in [0.15, 0.2) is 5.82 Å². The molecule has 1 aromatic rings. The van der Waals surface area contributed by atoms with E-state index in [4.69, 9.17) is 9.47 Å². The van der Waals surface area contributed by atoms with Crippen LogP contribution in [0.25, 0.3) is 0 Å². The average molecular weight is 420 g/mol. The van der Waals surface area contributed by atoms with Gasteiger partial charge in [0.1, 0.15) is 5.92 Å². The molecule has 9 nitrogen and oxygen atoms in total. The zero-order chi connectivity index (χ0) is 20.6. The first kappa shape index (κ1) is 20.6. The van der Waals surface area contributed by atoms with E-state index in [2.05, 4.69) is 15.0 Å². The Morgan fingerprint density at radius 1 is 1.07 bits per heavy atom. The number of aromatic nitrogens is 3. The molecule has 156 valence electrons. The van der Waals surface area contributed by atoms with Crippen molar-refractivity contribution in [1.82, 2.24) is 19.3 Å². The zero-order valence-electron chi connectivity index (χ0n) is 15.7. The fraction of sp³-hybridized carbons (Fsp3) is 0.750. The molecule has 2 fully saturated rings. The number of hydrogen-bond donors (Lipinski definition) is 0. The van der Waals surface area contributed by atoms with E-state index in [1.807, 2.05) is 0 Å². The molecule has 4 unspecified atom stereocenters. The Labute approximate surface area is 161 Å². The van der Waals surface area contributed by atoms with Crippen LogP contribution in [0.3, 0.4) is 0 Å². The Morgan fingerprint density at radius 3 is 2.18 bits per heavy atom. The molecule has 2 aliphatic rings. The molecule has 1 saturated carbocycles. The lowest BCUT2D eigenvalue weighted by Gasteiger charge is -2.30. The second-order valence-corrected chi connectivity index (χ2v) is 8.78. The van der Waals surface area contributed by atoms with E-state index in [0.29, 0.717) is 17.1 Å². The van der Waals surface area contributed by atoms with Crippen LogP contribution in [0.15, 0.2) is 0 Å². The minimum atomic E-state index is -5.10. The second-order valence-electron chi connectivity index (χ2n) is 7.00. The number of methoxy groups -OCH3 is 2. The van der Waals surface area contributed by atoms with Crippen molar-refractivity contribution in [2.75, 3.05) is 14.2 Å². The number of ether oxygens (including phenoxy) is 2. The molecule has 0 N–H and O–H groups in total. The molecule has 1 aromatic heterocycles. The van der Waals surface area contributed by atoms with Crippen molar-refractivity contribution >= 4 is 15.9 Å². The van der Waals surface area contributed by atoms with E-state index in [-0.39, 0.29) is 23.8 Å². The molecule has 1 aliphatic heterocycles. The molecule has 2 heterocycles. The van der Waals surface area contributed by atoms with Crippen molar-refractivity contribution in [3.8, 4) is 12.0 Å². The summed E-state index contributed by atoms with van der Waals surface area (Å²) in [6.07, 6.45) is 2.70. The van der Waals surface area contributed by atoms with Gasteiger partial charge in [0.25, 0.3) is 0 Å². The standard InChI is InChI=1S/C16H22F2N4O5S/c1-8-6-4-5-7-9-10(12-19-15(26-2)21-16(20-12)27-3)13(23)22(11(8)9)28(24,25)14(17)18/h8-11,14H,4-7H2,1-3H3. The third-order valence-corrected chi connectivity index (χ3v) is 6.83. The molecule has 1 aliphatic carbocycles. The van der Waals surface area contributed by atoms with Crippen molar-refractivity contribution in [2.24, 2.45) is 11.8 Å². The summed E-state index contributed by atoms with van der Waals surface area (Å²) < 4.78 is 61.7. The van der Waals surface area contributed by atoms with Crippen LogP contribution in [-0.2, 0) is 14.8 Å². The molecule has 12 heteroatoms. The van der Waals surface area contributed by atoms with Gasteiger partial charge in [0, 0.05) is 0 Å². The monoisotopic (exact) mass is 420 g/mol. The van der Waals surface area contributed by atoms with E-state index in [1.165, 1.54) is 14.2 Å². The maximum Gasteiger partial charge on any atom is 0.355 e. The van der Waals surface area contributed by atoms with Gasteiger partial charge in [-0.25, -0.2) is 12.7 Å². The number of carbonyl (C=O) groups is 1. The summed E-state index contributed by atoms with van der Waals surface area (Å²) >= 11 is 0. The van der Waals surface area contributed by atoms with E-state index in [9.17, 15) is 22.0 Å². The molecule has 0 radical (unpaired) electrons. The lowest BCUT2D eigenvalue weighted by atomic mass is 9.83. The van der Waals surface area contributed by atoms with Gasteiger partial charge >= 0.3 is 27.8 Å². The highest BCUT2D eigenvalue weighted by atomic mass is 32.2. The first-order valence-corrected chi connectivity index (χ1v) is 10.4. The number of halogens is 2. The van der Waals surface area contributed by atoms with Crippen LogP contribution < -0.4 is 9.47 Å². The van der Waals surface area contributed by atoms with Crippen molar-refractivity contribution in [1.29, 1.82) is 0 Å². The lowest BCUT2D eigenvalue weighted by Crippen LogP contribution is -2.45. The maximum atomic E-state index is 13.3. The second kappa shape index (κ2) is 7.72. The number of fused-ring (bicyclic) bond motifs is 1. The average Bonchev–Trinajstić information content (AvgIpc) is 2.85. The van der Waals surface area contributed by atoms with Crippen molar-refractivity contribution < 1.29 is 31.5 Å². The Morgan fingerprint density at radius 2 is 1.64 bits per heavy atom. The molecule has 1 saturated heterocycles. The predicted molar refractivity (Wildman–Crippen MR) is 92.4 cm³/mol. The molecule has 0 bridgehead atoms. The molecular weight excluding hydrogens is 398 g/mol. The number of amides is 1. The van der Waals surface area contributed by atoms with Crippen LogP contribution in [0.5, 0.6) is 12.0 Å². The fourth-order valence-electron chi connectivity index (χ4n) is 4.20. The summed E-state index contributed by atoms with van der Waals surface area (Å²) in [7, 11) is -2.46. The predicted octanol–water partition coefficient (Wildman–Crippen LogP) is 1.56. The summed E-state index contributed by atoms with van der Waals surface area (Å²) in [5, 5.41) is 0. The van der Waals surface area contributed by atoms with E-state index in [1.54, 1.807) is 6.92 Å². The summed E-state index contributed by atoms with van der Waals surface area (Å²) in [6, 6.07) is -1.08. The largest absolute Gasteiger partial charge is 0.467 e. The van der Waals surface area contributed by atoms with Gasteiger partial charge in [-0.3, -0.25) is 4.79 Å². The van der Waals surface area contributed by atoms with Crippen molar-refractivity contribution in [3.05, 3.63) is 5.82 Å². The van der Waals surface area contributed by atoms with E-state index < -0.39 is 39.6 Å². The van der Waals surface area contributed by atoms with Gasteiger partial charge in [0.05, 0.1) is 20.3 Å². The van der Waals surface area contributed by atoms with E-state index in [0.717, 1.165) is 12.8 Å². The van der Waals surface area contributed by atoms with Crippen LogP contribution in [0.2, 0.25) is 0 Å². The topological polar surface area (TPSA) is 112 Å². The van der Waals surface area contributed by atoms with Gasteiger partial charge in [-0.2, -0.15) is 18.7 Å². The van der Waals surface area contributed by atoms with Crippen molar-refractivity contribution in [3.63, 3.8) is 0 Å². The molecule has 0 aromatic carbocycles. The van der Waals surface area contributed by atoms with Crippen LogP contribution in [-0.4, -0.2) is 59.6 Å². The first-order chi connectivity index (χ1) is 13.2. The Kier molecular flexibility index (Phi) is 5.69. The quantitative estimate of drug-likeness (QED) is 0.706. The number of rotatable bonds is 5. The molecule has 1 amide bonds. The highest BCUT2D eigenvalue weighted by molar-refractivity contribution is 7.90. The number of alkyl halides is 2. The molecule has 4 atom stereocenters. The van der Waals surface area contributed by atoms with Crippen LogP contribution in [0.1, 0.15) is 44.3 Å². The Balaban J connectivity index is 2.15. The minimum Gasteiger partial charge on any atom is -0.467 e. The lowest BCUT2D eigenvalue weighted by molar-refractivity contribution is -0.126. The SMILES string of the molecule is COc1nc(OC)nc(C2C(=O)N(S(=O)(=O)C(F)F)C3C(C)CCCCC23)n1. The minimum absolute atomic E-state index is 0.0373. The molecule has 3 rings (SSSR count). The summed E-state index contributed by atoms with van der Waals surface area (Å²) in [5.74, 6) is -6.54. The Bertz CT molecular complexity index is 831. The first-order valence-electron chi connectivity index (χ1n) is 8.91. The van der Waals surface area contributed by atoms with Gasteiger partial charge in [0.2, 0.25) is 5.91 Å². The summed E-state index contributed by atoms with van der Waals surface area (Å²) in [6.45, 7) is 1.78. The van der Waals surface area contributed by atoms with Gasteiger partial charge < -0.3 is 9.47 Å². The molecular formula is C16H22F2N4O5S.